The van der Waals surface area contributed by atoms with Gasteiger partial charge in [-0.2, -0.15) is 0 Å². The van der Waals surface area contributed by atoms with Crippen molar-refractivity contribution in [2.75, 3.05) is 14.2 Å². The van der Waals surface area contributed by atoms with E-state index in [-0.39, 0.29) is 5.97 Å². The van der Waals surface area contributed by atoms with Gasteiger partial charge in [0.05, 0.1) is 14.2 Å². The van der Waals surface area contributed by atoms with Crippen molar-refractivity contribution in [2.45, 2.75) is 19.1 Å². The lowest BCUT2D eigenvalue weighted by atomic mass is 10.2. The van der Waals surface area contributed by atoms with Crippen molar-refractivity contribution in [1.29, 1.82) is 0 Å². The molecule has 1 rings (SSSR count). The molecule has 0 aliphatic heterocycles. The number of thioether (sulfide) groups is 1. The monoisotopic (exact) mass is 266 g/mol. The fourth-order valence-electron chi connectivity index (χ4n) is 1.33. The number of carbonyl (C=O) groups is 1. The van der Waals surface area contributed by atoms with Gasteiger partial charge in [0, 0.05) is 11.8 Å². The summed E-state index contributed by atoms with van der Waals surface area (Å²) >= 11 is 1.65. The number of rotatable bonds is 6. The minimum atomic E-state index is -0.297. The van der Waals surface area contributed by atoms with Gasteiger partial charge in [-0.05, 0) is 29.0 Å². The lowest BCUT2D eigenvalue weighted by Gasteiger charge is -2.05. The molecule has 0 unspecified atom stereocenters. The van der Waals surface area contributed by atoms with Gasteiger partial charge in [0.25, 0.3) is 0 Å². The summed E-state index contributed by atoms with van der Waals surface area (Å²) < 4.78 is 9.72. The molecule has 0 aromatic heterocycles. The van der Waals surface area contributed by atoms with E-state index in [0.29, 0.717) is 0 Å². The molecule has 0 aliphatic carbocycles. The molecule has 0 N–H and O–H groups in total. The molecular formula is C14H18O3S. The first-order chi connectivity index (χ1) is 8.69. The minimum absolute atomic E-state index is 0.297. The molecule has 1 aromatic rings. The first-order valence-corrected chi connectivity index (χ1v) is 6.72. The topological polar surface area (TPSA) is 35.5 Å². The van der Waals surface area contributed by atoms with Gasteiger partial charge in [0.2, 0.25) is 0 Å². The van der Waals surface area contributed by atoms with Crippen LogP contribution >= 0.6 is 11.8 Å². The molecule has 0 atom stereocenters. The highest BCUT2D eigenvalue weighted by Crippen LogP contribution is 2.24. The highest BCUT2D eigenvalue weighted by atomic mass is 32.2. The van der Waals surface area contributed by atoms with Crippen molar-refractivity contribution in [3.05, 3.63) is 40.8 Å². The Morgan fingerprint density at radius 2 is 1.94 bits per heavy atom. The molecule has 3 nitrogen and oxygen atoms in total. The Labute approximate surface area is 112 Å². The van der Waals surface area contributed by atoms with E-state index in [2.05, 4.69) is 4.74 Å². The second-order valence-corrected chi connectivity index (χ2v) is 4.73. The first kappa shape index (κ1) is 14.6. The average molecular weight is 266 g/mol. The Morgan fingerprint density at radius 1 is 1.28 bits per heavy atom. The summed E-state index contributed by atoms with van der Waals surface area (Å²) in [5.41, 5.74) is 1.20. The lowest BCUT2D eigenvalue weighted by Crippen LogP contribution is -1.96. The summed E-state index contributed by atoms with van der Waals surface area (Å²) in [6.07, 6.45) is 2.38. The smallest absolute Gasteiger partial charge is 0.331 e. The predicted molar refractivity (Wildman–Crippen MR) is 74.7 cm³/mol. The van der Waals surface area contributed by atoms with Crippen LogP contribution in [0.25, 0.3) is 0 Å². The van der Waals surface area contributed by atoms with Crippen LogP contribution < -0.4 is 4.74 Å². The van der Waals surface area contributed by atoms with E-state index in [0.717, 1.165) is 22.8 Å². The van der Waals surface area contributed by atoms with Gasteiger partial charge in [-0.25, -0.2) is 4.79 Å². The van der Waals surface area contributed by atoms with Gasteiger partial charge in [-0.1, -0.05) is 19.1 Å². The zero-order valence-electron chi connectivity index (χ0n) is 10.9. The third-order valence-corrected chi connectivity index (χ3v) is 3.67. The molecule has 0 aliphatic rings. The van der Waals surface area contributed by atoms with Crippen LogP contribution in [-0.2, 0) is 15.3 Å². The van der Waals surface area contributed by atoms with E-state index in [1.807, 2.05) is 31.2 Å². The van der Waals surface area contributed by atoms with E-state index >= 15 is 0 Å². The molecule has 0 saturated carbocycles. The summed E-state index contributed by atoms with van der Waals surface area (Å²) in [5, 5.41) is 0. The Kier molecular flexibility index (Phi) is 6.36. The van der Waals surface area contributed by atoms with E-state index in [9.17, 15) is 4.79 Å². The van der Waals surface area contributed by atoms with Crippen LogP contribution in [0.4, 0.5) is 0 Å². The second-order valence-electron chi connectivity index (χ2n) is 3.62. The molecule has 0 spiro atoms. The van der Waals surface area contributed by atoms with Crippen molar-refractivity contribution < 1.29 is 14.3 Å². The Balaban J connectivity index is 2.56. The van der Waals surface area contributed by atoms with Crippen LogP contribution in [0, 0.1) is 0 Å². The maximum Gasteiger partial charge on any atom is 0.331 e. The standard InChI is InChI=1S/C14H18O3S/c1-4-13(9-14(15)17-3)18-10-11-5-7-12(16-2)8-6-11/h5-9H,4,10H2,1-3H3/b13-9+. The Bertz CT molecular complexity index is 410. The van der Waals surface area contributed by atoms with Crippen LogP contribution in [-0.4, -0.2) is 20.2 Å². The summed E-state index contributed by atoms with van der Waals surface area (Å²) in [6.45, 7) is 2.02. The molecule has 0 amide bonds. The average Bonchev–Trinajstić information content (AvgIpc) is 2.43. The number of methoxy groups -OCH3 is 2. The zero-order valence-corrected chi connectivity index (χ0v) is 11.8. The molecule has 0 fully saturated rings. The largest absolute Gasteiger partial charge is 0.497 e. The maximum atomic E-state index is 11.1. The van der Waals surface area contributed by atoms with Crippen molar-refractivity contribution in [3.63, 3.8) is 0 Å². The van der Waals surface area contributed by atoms with Gasteiger partial charge in [-0.15, -0.1) is 11.8 Å². The molecule has 0 bridgehead atoms. The highest BCUT2D eigenvalue weighted by molar-refractivity contribution is 8.02. The first-order valence-electron chi connectivity index (χ1n) is 5.73. The number of hydrogen-bond donors (Lipinski definition) is 0. The van der Waals surface area contributed by atoms with Crippen LogP contribution in [0.5, 0.6) is 5.75 Å². The number of hydrogen-bond acceptors (Lipinski definition) is 4. The molecule has 0 saturated heterocycles. The van der Waals surface area contributed by atoms with Crippen molar-refractivity contribution >= 4 is 17.7 Å². The predicted octanol–water partition coefficient (Wildman–Crippen LogP) is 3.40. The number of carbonyl (C=O) groups excluding carboxylic acids is 1. The Hall–Kier alpha value is -1.42. The van der Waals surface area contributed by atoms with Crippen molar-refractivity contribution in [1.82, 2.24) is 0 Å². The van der Waals surface area contributed by atoms with E-state index in [1.54, 1.807) is 24.9 Å². The summed E-state index contributed by atoms with van der Waals surface area (Å²) in [4.78, 5) is 12.2. The van der Waals surface area contributed by atoms with Crippen LogP contribution in [0.3, 0.4) is 0 Å². The minimum Gasteiger partial charge on any atom is -0.497 e. The summed E-state index contributed by atoms with van der Waals surface area (Å²) in [7, 11) is 3.04. The third-order valence-electron chi connectivity index (χ3n) is 2.41. The fraction of sp³-hybridized carbons (Fsp3) is 0.357. The number of esters is 1. The van der Waals surface area contributed by atoms with Gasteiger partial charge in [0.15, 0.2) is 0 Å². The van der Waals surface area contributed by atoms with Gasteiger partial charge < -0.3 is 9.47 Å². The fourth-order valence-corrected chi connectivity index (χ4v) is 2.26. The number of ether oxygens (including phenoxy) is 2. The van der Waals surface area contributed by atoms with Crippen molar-refractivity contribution in [2.24, 2.45) is 0 Å². The van der Waals surface area contributed by atoms with Crippen LogP contribution in [0.1, 0.15) is 18.9 Å². The van der Waals surface area contributed by atoms with Crippen molar-refractivity contribution in [3.8, 4) is 5.75 Å². The highest BCUT2D eigenvalue weighted by Gasteiger charge is 2.02. The van der Waals surface area contributed by atoms with Gasteiger partial charge in [-0.3, -0.25) is 0 Å². The van der Waals surface area contributed by atoms with E-state index in [4.69, 9.17) is 4.74 Å². The third kappa shape index (κ3) is 4.84. The van der Waals surface area contributed by atoms with Gasteiger partial charge >= 0.3 is 5.97 Å². The molecule has 98 valence electrons. The van der Waals surface area contributed by atoms with Gasteiger partial charge in [0.1, 0.15) is 5.75 Å². The van der Waals surface area contributed by atoms with Crippen LogP contribution in [0.15, 0.2) is 35.2 Å². The molecular weight excluding hydrogens is 248 g/mol. The molecule has 18 heavy (non-hydrogen) atoms. The quantitative estimate of drug-likeness (QED) is 0.584. The van der Waals surface area contributed by atoms with E-state index in [1.165, 1.54) is 12.7 Å². The molecule has 1 aromatic carbocycles. The Morgan fingerprint density at radius 3 is 2.44 bits per heavy atom. The summed E-state index contributed by atoms with van der Waals surface area (Å²) in [5.74, 6) is 1.39. The zero-order chi connectivity index (χ0) is 13.4. The number of allylic oxidation sites excluding steroid dienone is 1. The maximum absolute atomic E-state index is 11.1. The molecule has 4 heteroatoms. The van der Waals surface area contributed by atoms with E-state index < -0.39 is 0 Å². The van der Waals surface area contributed by atoms with Crippen LogP contribution in [0.2, 0.25) is 0 Å². The number of benzene rings is 1. The molecule has 0 heterocycles. The summed E-state index contributed by atoms with van der Waals surface area (Å²) in [6, 6.07) is 7.92. The second kappa shape index (κ2) is 7.82. The lowest BCUT2D eigenvalue weighted by molar-refractivity contribution is -0.134. The normalized spacial score (nSPS) is 11.2. The SMILES string of the molecule is CC/C(=C\C(=O)OC)SCc1ccc(OC)cc1. The molecule has 0 radical (unpaired) electrons.